The number of hydrogen-bond acceptors (Lipinski definition) is 2. The Hall–Kier alpha value is -2.45. The predicted molar refractivity (Wildman–Crippen MR) is 97.9 cm³/mol. The number of methoxy groups -OCH3 is 1. The van der Waals surface area contributed by atoms with Gasteiger partial charge in [-0.3, -0.25) is 0 Å². The molecule has 0 unspecified atom stereocenters. The van der Waals surface area contributed by atoms with Crippen molar-refractivity contribution in [2.24, 2.45) is 0 Å². The van der Waals surface area contributed by atoms with Gasteiger partial charge < -0.3 is 10.1 Å². The van der Waals surface area contributed by atoms with Gasteiger partial charge in [-0.2, -0.15) is 0 Å². The average Bonchev–Trinajstić information content (AvgIpc) is 2.57. The highest BCUT2D eigenvalue weighted by Crippen LogP contribution is 2.34. The quantitative estimate of drug-likeness (QED) is 0.629. The van der Waals surface area contributed by atoms with Crippen LogP contribution in [0.5, 0.6) is 5.75 Å². The Bertz CT molecular complexity index is 812. The average molecular weight is 324 g/mol. The highest BCUT2D eigenvalue weighted by Gasteiger charge is 2.08. The van der Waals surface area contributed by atoms with E-state index in [0.29, 0.717) is 5.02 Å². The molecule has 0 bridgehead atoms. The van der Waals surface area contributed by atoms with Crippen LogP contribution in [0.4, 0.5) is 11.4 Å². The van der Waals surface area contributed by atoms with Gasteiger partial charge in [-0.1, -0.05) is 41.4 Å². The zero-order valence-electron chi connectivity index (χ0n) is 13.1. The topological polar surface area (TPSA) is 21.3 Å². The fourth-order valence-electron chi connectivity index (χ4n) is 2.47. The van der Waals surface area contributed by atoms with Crippen LogP contribution in [0, 0.1) is 6.92 Å². The molecule has 0 heterocycles. The lowest BCUT2D eigenvalue weighted by Gasteiger charge is -2.13. The van der Waals surface area contributed by atoms with E-state index < -0.39 is 0 Å². The van der Waals surface area contributed by atoms with Crippen LogP contribution in [-0.2, 0) is 0 Å². The molecule has 0 saturated carbocycles. The minimum absolute atomic E-state index is 0.710. The highest BCUT2D eigenvalue weighted by atomic mass is 35.5. The van der Waals surface area contributed by atoms with Gasteiger partial charge in [0.2, 0.25) is 0 Å². The maximum absolute atomic E-state index is 6.12. The molecule has 0 spiro atoms. The van der Waals surface area contributed by atoms with E-state index in [9.17, 15) is 0 Å². The van der Waals surface area contributed by atoms with Crippen LogP contribution in [-0.4, -0.2) is 7.11 Å². The van der Waals surface area contributed by atoms with Gasteiger partial charge in [0.25, 0.3) is 0 Å². The molecule has 23 heavy (non-hydrogen) atoms. The summed E-state index contributed by atoms with van der Waals surface area (Å²) >= 11 is 6.12. The predicted octanol–water partition coefficient (Wildman–Crippen LogP) is 6.07. The van der Waals surface area contributed by atoms with Crippen molar-refractivity contribution in [3.8, 4) is 16.9 Å². The van der Waals surface area contributed by atoms with Crippen molar-refractivity contribution < 1.29 is 4.74 Å². The molecule has 116 valence electrons. The van der Waals surface area contributed by atoms with Crippen molar-refractivity contribution in [2.45, 2.75) is 6.92 Å². The first-order chi connectivity index (χ1) is 11.2. The molecular formula is C20H18ClNO. The molecule has 3 rings (SSSR count). The fourth-order valence-corrected chi connectivity index (χ4v) is 2.66. The zero-order valence-corrected chi connectivity index (χ0v) is 13.9. The van der Waals surface area contributed by atoms with Gasteiger partial charge in [0.15, 0.2) is 0 Å². The van der Waals surface area contributed by atoms with E-state index in [2.05, 4.69) is 42.6 Å². The summed E-state index contributed by atoms with van der Waals surface area (Å²) in [6.07, 6.45) is 0. The first-order valence-electron chi connectivity index (χ1n) is 7.43. The monoisotopic (exact) mass is 323 g/mol. The normalized spacial score (nSPS) is 10.4. The summed E-state index contributed by atoms with van der Waals surface area (Å²) < 4.78 is 5.49. The lowest BCUT2D eigenvalue weighted by molar-refractivity contribution is 0.416. The maximum Gasteiger partial charge on any atom is 0.126 e. The lowest BCUT2D eigenvalue weighted by atomic mass is 10.0. The minimum Gasteiger partial charge on any atom is -0.496 e. The van der Waals surface area contributed by atoms with Gasteiger partial charge >= 0.3 is 0 Å². The second kappa shape index (κ2) is 6.76. The van der Waals surface area contributed by atoms with E-state index >= 15 is 0 Å². The van der Waals surface area contributed by atoms with Gasteiger partial charge in [-0.25, -0.2) is 0 Å². The van der Waals surface area contributed by atoms with E-state index in [1.165, 1.54) is 5.56 Å². The van der Waals surface area contributed by atoms with Crippen molar-refractivity contribution in [3.63, 3.8) is 0 Å². The van der Waals surface area contributed by atoms with Crippen molar-refractivity contribution in [1.82, 2.24) is 0 Å². The summed E-state index contributed by atoms with van der Waals surface area (Å²) in [5, 5.41) is 4.13. The van der Waals surface area contributed by atoms with Crippen molar-refractivity contribution in [1.29, 1.82) is 0 Å². The van der Waals surface area contributed by atoms with Crippen LogP contribution in [0.15, 0.2) is 66.7 Å². The van der Waals surface area contributed by atoms with Crippen LogP contribution in [0.1, 0.15) is 5.56 Å². The van der Waals surface area contributed by atoms with Crippen molar-refractivity contribution >= 4 is 23.0 Å². The Balaban J connectivity index is 1.97. The molecule has 1 N–H and O–H groups in total. The Morgan fingerprint density at radius 1 is 0.870 bits per heavy atom. The first kappa shape index (κ1) is 15.4. The molecular weight excluding hydrogens is 306 g/mol. The number of halogens is 1. The standard InChI is InChI=1S/C20H18ClNO/c1-14-6-8-17(9-7-14)22-18-10-11-20(23-2)19(13-18)15-4-3-5-16(21)12-15/h3-13,22H,1-2H3. The number of anilines is 2. The third kappa shape index (κ3) is 3.66. The van der Waals surface area contributed by atoms with Crippen LogP contribution >= 0.6 is 11.6 Å². The third-order valence-corrected chi connectivity index (χ3v) is 3.91. The minimum atomic E-state index is 0.710. The molecule has 0 amide bonds. The largest absolute Gasteiger partial charge is 0.496 e. The highest BCUT2D eigenvalue weighted by molar-refractivity contribution is 6.30. The van der Waals surface area contributed by atoms with Crippen molar-refractivity contribution in [3.05, 3.63) is 77.3 Å². The molecule has 0 aliphatic heterocycles. The van der Waals surface area contributed by atoms with Gasteiger partial charge in [0.05, 0.1) is 7.11 Å². The molecule has 2 nitrogen and oxygen atoms in total. The lowest BCUT2D eigenvalue weighted by Crippen LogP contribution is -1.93. The van der Waals surface area contributed by atoms with Gasteiger partial charge in [0.1, 0.15) is 5.75 Å². The summed E-state index contributed by atoms with van der Waals surface area (Å²) in [6.45, 7) is 2.08. The molecule has 3 aromatic rings. The van der Waals surface area contributed by atoms with Crippen molar-refractivity contribution in [2.75, 3.05) is 12.4 Å². The molecule has 3 aromatic carbocycles. The summed E-state index contributed by atoms with van der Waals surface area (Å²) in [6, 6.07) is 22.1. The maximum atomic E-state index is 6.12. The van der Waals surface area contributed by atoms with E-state index in [0.717, 1.165) is 28.3 Å². The van der Waals surface area contributed by atoms with Crippen LogP contribution < -0.4 is 10.1 Å². The molecule has 0 radical (unpaired) electrons. The summed E-state index contributed by atoms with van der Waals surface area (Å²) in [4.78, 5) is 0. The van der Waals surface area contributed by atoms with E-state index in [4.69, 9.17) is 16.3 Å². The number of nitrogens with one attached hydrogen (secondary N) is 1. The summed E-state index contributed by atoms with van der Waals surface area (Å²) in [5.74, 6) is 0.821. The Labute approximate surface area is 141 Å². The van der Waals surface area contributed by atoms with E-state index in [1.807, 2.05) is 36.4 Å². The molecule has 0 saturated heterocycles. The van der Waals surface area contributed by atoms with Crippen LogP contribution in [0.2, 0.25) is 5.02 Å². The summed E-state index contributed by atoms with van der Waals surface area (Å²) in [5.41, 5.74) is 5.33. The molecule has 0 atom stereocenters. The Morgan fingerprint density at radius 2 is 1.61 bits per heavy atom. The second-order valence-electron chi connectivity index (χ2n) is 5.42. The number of aryl methyl sites for hydroxylation is 1. The zero-order chi connectivity index (χ0) is 16.2. The van der Waals surface area contributed by atoms with Gasteiger partial charge in [0, 0.05) is 22.0 Å². The number of hydrogen-bond donors (Lipinski definition) is 1. The van der Waals surface area contributed by atoms with E-state index in [1.54, 1.807) is 7.11 Å². The first-order valence-corrected chi connectivity index (χ1v) is 7.81. The third-order valence-electron chi connectivity index (χ3n) is 3.68. The Kier molecular flexibility index (Phi) is 4.54. The van der Waals surface area contributed by atoms with Gasteiger partial charge in [-0.15, -0.1) is 0 Å². The molecule has 0 aliphatic rings. The number of rotatable bonds is 4. The smallest absolute Gasteiger partial charge is 0.126 e. The van der Waals surface area contributed by atoms with Gasteiger partial charge in [-0.05, 0) is 55.0 Å². The van der Waals surface area contributed by atoms with Crippen LogP contribution in [0.3, 0.4) is 0 Å². The van der Waals surface area contributed by atoms with E-state index in [-0.39, 0.29) is 0 Å². The molecule has 3 heteroatoms. The summed E-state index contributed by atoms with van der Waals surface area (Å²) in [7, 11) is 1.68. The Morgan fingerprint density at radius 3 is 2.30 bits per heavy atom. The number of benzene rings is 3. The molecule has 0 fully saturated rings. The molecule has 0 aliphatic carbocycles. The second-order valence-corrected chi connectivity index (χ2v) is 5.85. The number of ether oxygens (including phenoxy) is 1. The van der Waals surface area contributed by atoms with Crippen LogP contribution in [0.25, 0.3) is 11.1 Å². The fraction of sp³-hybridized carbons (Fsp3) is 0.100. The SMILES string of the molecule is COc1ccc(Nc2ccc(C)cc2)cc1-c1cccc(Cl)c1. The molecule has 0 aromatic heterocycles.